The van der Waals surface area contributed by atoms with Gasteiger partial charge in [0, 0.05) is 24.4 Å². The number of halogens is 1. The molecule has 4 heteroatoms. The lowest BCUT2D eigenvalue weighted by Crippen LogP contribution is -2.17. The van der Waals surface area contributed by atoms with E-state index in [1.807, 2.05) is 19.2 Å². The molecule has 70 valence electrons. The van der Waals surface area contributed by atoms with Crippen molar-refractivity contribution >= 4 is 22.9 Å². The third kappa shape index (κ3) is 3.77. The van der Waals surface area contributed by atoms with Gasteiger partial charge < -0.3 is 4.90 Å². The van der Waals surface area contributed by atoms with E-state index in [0.29, 0.717) is 6.42 Å². The van der Waals surface area contributed by atoms with Gasteiger partial charge in [0.1, 0.15) is 0 Å². The zero-order valence-electron chi connectivity index (χ0n) is 7.46. The van der Waals surface area contributed by atoms with Gasteiger partial charge >= 0.3 is 0 Å². The average Bonchev–Trinajstić information content (AvgIpc) is 2.48. The number of thiophene rings is 1. The molecule has 0 unspecified atom stereocenters. The summed E-state index contributed by atoms with van der Waals surface area (Å²) in [4.78, 5) is 3.36. The van der Waals surface area contributed by atoms with Gasteiger partial charge in [0.15, 0.2) is 0 Å². The van der Waals surface area contributed by atoms with E-state index in [2.05, 4.69) is 11.0 Å². The van der Waals surface area contributed by atoms with Crippen LogP contribution in [0.1, 0.15) is 11.3 Å². The molecule has 1 aromatic heterocycles. The van der Waals surface area contributed by atoms with Gasteiger partial charge in [0.2, 0.25) is 0 Å². The van der Waals surface area contributed by atoms with Crippen molar-refractivity contribution in [3.63, 3.8) is 0 Å². The van der Waals surface area contributed by atoms with Crippen molar-refractivity contribution in [3.05, 3.63) is 21.3 Å². The topological polar surface area (TPSA) is 27.0 Å². The Kier molecular flexibility index (Phi) is 4.23. The predicted octanol–water partition coefficient (Wildman–Crippen LogP) is 2.75. The molecule has 0 aliphatic carbocycles. The van der Waals surface area contributed by atoms with Crippen molar-refractivity contribution in [3.8, 4) is 6.07 Å². The first-order valence-electron chi connectivity index (χ1n) is 4.02. The lowest BCUT2D eigenvalue weighted by Gasteiger charge is -2.12. The second-order valence-corrected chi connectivity index (χ2v) is 4.65. The molecule has 0 aliphatic rings. The van der Waals surface area contributed by atoms with Gasteiger partial charge in [-0.05, 0) is 19.2 Å². The molecule has 0 saturated carbocycles. The summed E-state index contributed by atoms with van der Waals surface area (Å²) in [6.45, 7) is 1.69. The maximum Gasteiger partial charge on any atom is 0.0931 e. The van der Waals surface area contributed by atoms with E-state index in [9.17, 15) is 0 Å². The molecule has 0 saturated heterocycles. The number of hydrogen-bond donors (Lipinski definition) is 0. The molecular formula is C9H11ClN2S. The lowest BCUT2D eigenvalue weighted by molar-refractivity contribution is 0.338. The van der Waals surface area contributed by atoms with Crippen LogP contribution in [0.4, 0.5) is 0 Å². The van der Waals surface area contributed by atoms with Gasteiger partial charge in [0.05, 0.1) is 10.4 Å². The zero-order chi connectivity index (χ0) is 9.68. The Morgan fingerprint density at radius 3 is 2.92 bits per heavy atom. The fraction of sp³-hybridized carbons (Fsp3) is 0.444. The van der Waals surface area contributed by atoms with Crippen molar-refractivity contribution in [2.24, 2.45) is 0 Å². The number of nitriles is 1. The molecule has 1 heterocycles. The van der Waals surface area contributed by atoms with Crippen LogP contribution in [0, 0.1) is 11.3 Å². The largest absolute Gasteiger partial charge is 0.300 e. The van der Waals surface area contributed by atoms with Gasteiger partial charge in [-0.25, -0.2) is 0 Å². The molecule has 0 fully saturated rings. The summed E-state index contributed by atoms with van der Waals surface area (Å²) < 4.78 is 0.823. The summed E-state index contributed by atoms with van der Waals surface area (Å²) in [6.07, 6.45) is 0.579. The van der Waals surface area contributed by atoms with Gasteiger partial charge in [-0.15, -0.1) is 11.3 Å². The Bertz CT molecular complexity index is 303. The van der Waals surface area contributed by atoms with Gasteiger partial charge in [-0.2, -0.15) is 5.26 Å². The molecule has 0 aliphatic heterocycles. The van der Waals surface area contributed by atoms with E-state index >= 15 is 0 Å². The highest BCUT2D eigenvalue weighted by Gasteiger charge is 2.02. The summed E-state index contributed by atoms with van der Waals surface area (Å²) in [5, 5.41) is 8.39. The molecule has 0 amide bonds. The van der Waals surface area contributed by atoms with Crippen molar-refractivity contribution in [2.45, 2.75) is 13.0 Å². The Hall–Kier alpha value is -0.560. The zero-order valence-corrected chi connectivity index (χ0v) is 9.03. The first-order chi connectivity index (χ1) is 6.22. The highest BCUT2D eigenvalue weighted by Crippen LogP contribution is 2.22. The number of rotatable bonds is 4. The average molecular weight is 215 g/mol. The highest BCUT2D eigenvalue weighted by atomic mass is 35.5. The van der Waals surface area contributed by atoms with Crippen LogP contribution in [0.3, 0.4) is 0 Å². The molecule has 0 bridgehead atoms. The standard InChI is InChI=1S/C9H11ClN2S/c1-12(6-2-5-11)7-8-3-4-9(10)13-8/h3-4H,2,6-7H2,1H3. The van der Waals surface area contributed by atoms with Crippen LogP contribution in [0.15, 0.2) is 12.1 Å². The summed E-state index contributed by atoms with van der Waals surface area (Å²) in [5.41, 5.74) is 0. The molecule has 2 nitrogen and oxygen atoms in total. The van der Waals surface area contributed by atoms with Crippen molar-refractivity contribution in [1.82, 2.24) is 4.90 Å². The van der Waals surface area contributed by atoms with Crippen LogP contribution in [-0.4, -0.2) is 18.5 Å². The second kappa shape index (κ2) is 5.23. The van der Waals surface area contributed by atoms with E-state index in [1.54, 1.807) is 11.3 Å². The van der Waals surface area contributed by atoms with Crippen LogP contribution in [-0.2, 0) is 6.54 Å². The quantitative estimate of drug-likeness (QED) is 0.771. The first kappa shape index (κ1) is 10.5. The molecular weight excluding hydrogens is 204 g/mol. The summed E-state index contributed by atoms with van der Waals surface area (Å²) in [7, 11) is 2.00. The Labute approximate surface area is 87.4 Å². The summed E-state index contributed by atoms with van der Waals surface area (Å²) in [5.74, 6) is 0. The molecule has 1 aromatic rings. The minimum absolute atomic E-state index is 0.579. The maximum absolute atomic E-state index is 8.39. The summed E-state index contributed by atoms with van der Waals surface area (Å²) in [6, 6.07) is 6.05. The van der Waals surface area contributed by atoms with Crippen LogP contribution in [0.2, 0.25) is 4.34 Å². The maximum atomic E-state index is 8.39. The van der Waals surface area contributed by atoms with Crippen molar-refractivity contribution < 1.29 is 0 Å². The predicted molar refractivity (Wildman–Crippen MR) is 55.9 cm³/mol. The van der Waals surface area contributed by atoms with Gasteiger partial charge in [-0.3, -0.25) is 0 Å². The first-order valence-corrected chi connectivity index (χ1v) is 5.21. The molecule has 0 radical (unpaired) electrons. The number of hydrogen-bond acceptors (Lipinski definition) is 3. The fourth-order valence-corrected chi connectivity index (χ4v) is 2.19. The van der Waals surface area contributed by atoms with Gasteiger partial charge in [-0.1, -0.05) is 11.6 Å². The number of nitrogens with zero attached hydrogens (tertiary/aromatic N) is 2. The minimum atomic E-state index is 0.579. The van der Waals surface area contributed by atoms with Crippen LogP contribution in [0.25, 0.3) is 0 Å². The van der Waals surface area contributed by atoms with Crippen LogP contribution in [0.5, 0.6) is 0 Å². The van der Waals surface area contributed by atoms with Gasteiger partial charge in [0.25, 0.3) is 0 Å². The summed E-state index contributed by atoms with van der Waals surface area (Å²) >= 11 is 7.39. The molecule has 13 heavy (non-hydrogen) atoms. The Morgan fingerprint density at radius 2 is 2.38 bits per heavy atom. The monoisotopic (exact) mass is 214 g/mol. The van der Waals surface area contributed by atoms with Crippen molar-refractivity contribution in [2.75, 3.05) is 13.6 Å². The van der Waals surface area contributed by atoms with Crippen LogP contribution < -0.4 is 0 Å². The molecule has 0 aromatic carbocycles. The van der Waals surface area contributed by atoms with Crippen molar-refractivity contribution in [1.29, 1.82) is 5.26 Å². The molecule has 0 spiro atoms. The van der Waals surface area contributed by atoms with E-state index in [1.165, 1.54) is 4.88 Å². The van der Waals surface area contributed by atoms with E-state index < -0.39 is 0 Å². The fourth-order valence-electron chi connectivity index (χ4n) is 1.02. The normalized spacial score (nSPS) is 10.3. The third-order valence-electron chi connectivity index (χ3n) is 1.66. The molecule has 1 rings (SSSR count). The highest BCUT2D eigenvalue weighted by molar-refractivity contribution is 7.16. The Morgan fingerprint density at radius 1 is 1.62 bits per heavy atom. The smallest absolute Gasteiger partial charge is 0.0931 e. The van der Waals surface area contributed by atoms with E-state index in [4.69, 9.17) is 16.9 Å². The van der Waals surface area contributed by atoms with E-state index in [-0.39, 0.29) is 0 Å². The SMILES string of the molecule is CN(CCC#N)Cc1ccc(Cl)s1. The second-order valence-electron chi connectivity index (χ2n) is 2.85. The van der Waals surface area contributed by atoms with Crippen LogP contribution >= 0.6 is 22.9 Å². The minimum Gasteiger partial charge on any atom is -0.300 e. The molecule has 0 N–H and O–H groups in total. The Balaban J connectivity index is 2.37. The van der Waals surface area contributed by atoms with E-state index in [0.717, 1.165) is 17.4 Å². The lowest BCUT2D eigenvalue weighted by atomic mass is 10.4. The molecule has 0 atom stereocenters. The third-order valence-corrected chi connectivity index (χ3v) is 2.88.